The van der Waals surface area contributed by atoms with Crippen molar-refractivity contribution in [3.8, 4) is 0 Å². The first-order valence-corrected chi connectivity index (χ1v) is 8.33. The molecule has 0 aromatic carbocycles. The Morgan fingerprint density at radius 2 is 2.22 bits per heavy atom. The van der Waals surface area contributed by atoms with Crippen LogP contribution in [0.4, 0.5) is 0 Å². The van der Waals surface area contributed by atoms with Crippen LogP contribution in [0.3, 0.4) is 0 Å². The molecule has 1 heterocycles. The molecule has 2 atom stereocenters. The molecule has 18 heavy (non-hydrogen) atoms. The zero-order valence-corrected chi connectivity index (χ0v) is 12.4. The summed E-state index contributed by atoms with van der Waals surface area (Å²) in [5.74, 6) is 0. The number of hydrogen-bond acceptors (Lipinski definition) is 5. The minimum atomic E-state index is -3.64. The summed E-state index contributed by atoms with van der Waals surface area (Å²) in [5.41, 5.74) is 0. The molecule has 0 aliphatic heterocycles. The van der Waals surface area contributed by atoms with Crippen LogP contribution in [0.25, 0.3) is 0 Å². The summed E-state index contributed by atoms with van der Waals surface area (Å²) in [6.45, 7) is 1.61. The number of rotatable bonds is 6. The highest BCUT2D eigenvalue weighted by atomic mass is 35.5. The number of halogens is 1. The van der Waals surface area contributed by atoms with E-state index in [4.69, 9.17) is 16.7 Å². The van der Waals surface area contributed by atoms with Gasteiger partial charge in [-0.2, -0.15) is 11.8 Å². The molecule has 0 fully saturated rings. The molecule has 0 saturated carbocycles. The molecule has 1 rings (SSSR count). The Morgan fingerprint density at radius 3 is 2.67 bits per heavy atom. The number of pyridine rings is 1. The van der Waals surface area contributed by atoms with Gasteiger partial charge in [-0.1, -0.05) is 11.6 Å². The Morgan fingerprint density at radius 1 is 1.56 bits per heavy atom. The third-order valence-electron chi connectivity index (χ3n) is 2.39. The number of sulfonamides is 1. The van der Waals surface area contributed by atoms with Crippen molar-refractivity contribution in [2.45, 2.75) is 23.1 Å². The van der Waals surface area contributed by atoms with E-state index in [2.05, 4.69) is 9.71 Å². The zero-order chi connectivity index (χ0) is 13.8. The van der Waals surface area contributed by atoms with E-state index in [-0.39, 0.29) is 27.9 Å². The van der Waals surface area contributed by atoms with E-state index in [9.17, 15) is 8.42 Å². The largest absolute Gasteiger partial charge is 0.395 e. The van der Waals surface area contributed by atoms with Gasteiger partial charge in [0.1, 0.15) is 10.0 Å². The van der Waals surface area contributed by atoms with E-state index in [0.29, 0.717) is 0 Å². The Hall–Kier alpha value is -0.340. The number of nitrogens with one attached hydrogen (secondary N) is 1. The van der Waals surface area contributed by atoms with Crippen LogP contribution in [-0.2, 0) is 10.0 Å². The summed E-state index contributed by atoms with van der Waals surface area (Å²) >= 11 is 7.00. The molecule has 1 aromatic heterocycles. The Kier molecular flexibility index (Phi) is 5.87. The second-order valence-electron chi connectivity index (χ2n) is 3.68. The topological polar surface area (TPSA) is 79.3 Å². The molecule has 2 N–H and O–H groups in total. The third kappa shape index (κ3) is 4.10. The van der Waals surface area contributed by atoms with Crippen molar-refractivity contribution >= 4 is 33.4 Å². The van der Waals surface area contributed by atoms with Crippen LogP contribution in [0.2, 0.25) is 5.15 Å². The number of hydrogen-bond donors (Lipinski definition) is 2. The van der Waals surface area contributed by atoms with Gasteiger partial charge in [-0.05, 0) is 25.3 Å². The van der Waals surface area contributed by atoms with Gasteiger partial charge in [0.2, 0.25) is 10.0 Å². The van der Waals surface area contributed by atoms with E-state index in [1.807, 2.05) is 6.26 Å². The second-order valence-corrected chi connectivity index (χ2v) is 6.86. The van der Waals surface area contributed by atoms with E-state index < -0.39 is 10.0 Å². The van der Waals surface area contributed by atoms with Gasteiger partial charge in [-0.25, -0.2) is 18.1 Å². The number of aromatic nitrogens is 1. The van der Waals surface area contributed by atoms with Crippen LogP contribution < -0.4 is 4.72 Å². The van der Waals surface area contributed by atoms with E-state index >= 15 is 0 Å². The minimum Gasteiger partial charge on any atom is -0.395 e. The SMILES string of the molecule is CSC(CO)C(C)NS(=O)(=O)c1ccc(Cl)nc1. The highest BCUT2D eigenvalue weighted by molar-refractivity contribution is 7.99. The summed E-state index contributed by atoms with van der Waals surface area (Å²) in [6.07, 6.45) is 3.01. The molecule has 0 spiro atoms. The molecule has 102 valence electrons. The average Bonchev–Trinajstić information content (AvgIpc) is 2.30. The quantitative estimate of drug-likeness (QED) is 0.770. The molecule has 0 saturated heterocycles. The van der Waals surface area contributed by atoms with Gasteiger partial charge in [0, 0.05) is 17.5 Å². The number of aliphatic hydroxyl groups excluding tert-OH is 1. The monoisotopic (exact) mass is 310 g/mol. The lowest BCUT2D eigenvalue weighted by atomic mass is 10.3. The van der Waals surface area contributed by atoms with Crippen molar-refractivity contribution in [2.75, 3.05) is 12.9 Å². The van der Waals surface area contributed by atoms with Crippen molar-refractivity contribution in [1.29, 1.82) is 0 Å². The zero-order valence-electron chi connectivity index (χ0n) is 10.00. The first-order chi connectivity index (χ1) is 8.40. The van der Waals surface area contributed by atoms with Gasteiger partial charge in [-0.3, -0.25) is 0 Å². The molecule has 0 aliphatic carbocycles. The van der Waals surface area contributed by atoms with Crippen LogP contribution in [0.5, 0.6) is 0 Å². The summed E-state index contributed by atoms with van der Waals surface area (Å²) < 4.78 is 26.5. The second kappa shape index (κ2) is 6.72. The molecular weight excluding hydrogens is 296 g/mol. The predicted octanol–water partition coefficient (Wildman–Crippen LogP) is 1.13. The first-order valence-electron chi connectivity index (χ1n) is 5.18. The summed E-state index contributed by atoms with van der Waals surface area (Å²) in [7, 11) is -3.64. The van der Waals surface area contributed by atoms with Crippen molar-refractivity contribution in [1.82, 2.24) is 9.71 Å². The smallest absolute Gasteiger partial charge is 0.242 e. The van der Waals surface area contributed by atoms with Crippen molar-refractivity contribution < 1.29 is 13.5 Å². The normalized spacial score (nSPS) is 15.3. The van der Waals surface area contributed by atoms with Crippen molar-refractivity contribution in [3.63, 3.8) is 0 Å². The fraction of sp³-hybridized carbons (Fsp3) is 0.500. The highest BCUT2D eigenvalue weighted by Gasteiger charge is 2.23. The summed E-state index contributed by atoms with van der Waals surface area (Å²) in [4.78, 5) is 3.78. The van der Waals surface area contributed by atoms with Crippen molar-refractivity contribution in [3.05, 3.63) is 23.5 Å². The van der Waals surface area contributed by atoms with Gasteiger partial charge in [0.15, 0.2) is 0 Å². The highest BCUT2D eigenvalue weighted by Crippen LogP contribution is 2.15. The van der Waals surface area contributed by atoms with Crippen LogP contribution >= 0.6 is 23.4 Å². The summed E-state index contributed by atoms with van der Waals surface area (Å²) in [6, 6.07) is 2.42. The maximum atomic E-state index is 12.0. The maximum absolute atomic E-state index is 12.0. The molecule has 0 amide bonds. The molecule has 0 aliphatic rings. The Balaban J connectivity index is 2.85. The van der Waals surface area contributed by atoms with E-state index in [0.717, 1.165) is 0 Å². The molecule has 1 aromatic rings. The standard InChI is InChI=1S/C10H15ClN2O3S2/c1-7(9(6-14)17-2)13-18(15,16)8-3-4-10(11)12-5-8/h3-5,7,9,13-14H,6H2,1-2H3. The maximum Gasteiger partial charge on any atom is 0.242 e. The predicted molar refractivity (Wildman–Crippen MR) is 73.4 cm³/mol. The lowest BCUT2D eigenvalue weighted by molar-refractivity contribution is 0.282. The van der Waals surface area contributed by atoms with Gasteiger partial charge < -0.3 is 5.11 Å². The number of nitrogens with zero attached hydrogens (tertiary/aromatic N) is 1. The van der Waals surface area contributed by atoms with Crippen LogP contribution in [-0.4, -0.2) is 42.7 Å². The number of aliphatic hydroxyl groups is 1. The third-order valence-corrected chi connectivity index (χ3v) is 5.32. The van der Waals surface area contributed by atoms with Crippen LogP contribution in [0.1, 0.15) is 6.92 Å². The lowest BCUT2D eigenvalue weighted by Crippen LogP contribution is -2.41. The molecule has 8 heteroatoms. The van der Waals surface area contributed by atoms with Crippen LogP contribution in [0.15, 0.2) is 23.2 Å². The summed E-state index contributed by atoms with van der Waals surface area (Å²) in [5, 5.41) is 9.16. The van der Waals surface area contributed by atoms with Crippen molar-refractivity contribution in [2.24, 2.45) is 0 Å². The first kappa shape index (κ1) is 15.7. The molecule has 2 unspecified atom stereocenters. The molecule has 0 bridgehead atoms. The van der Waals surface area contributed by atoms with Gasteiger partial charge >= 0.3 is 0 Å². The fourth-order valence-electron chi connectivity index (χ4n) is 1.35. The van der Waals surface area contributed by atoms with Gasteiger partial charge in [0.25, 0.3) is 0 Å². The number of thioether (sulfide) groups is 1. The Labute approximate surface area is 116 Å². The van der Waals surface area contributed by atoms with Gasteiger partial charge in [-0.15, -0.1) is 0 Å². The molecule has 0 radical (unpaired) electrons. The minimum absolute atomic E-state index is 0.0524. The average molecular weight is 311 g/mol. The Bertz CT molecular complexity index is 474. The molecular formula is C10H15ClN2O3S2. The van der Waals surface area contributed by atoms with E-state index in [1.54, 1.807) is 6.92 Å². The van der Waals surface area contributed by atoms with Gasteiger partial charge in [0.05, 0.1) is 6.61 Å². The molecule has 5 nitrogen and oxygen atoms in total. The fourth-order valence-corrected chi connectivity index (χ4v) is 3.40. The van der Waals surface area contributed by atoms with E-state index in [1.165, 1.54) is 30.1 Å². The van der Waals surface area contributed by atoms with Crippen LogP contribution in [0, 0.1) is 0 Å². The lowest BCUT2D eigenvalue weighted by Gasteiger charge is -2.21.